The molecule has 27 heavy (non-hydrogen) atoms. The molecule has 1 heterocycles. The van der Waals surface area contributed by atoms with Gasteiger partial charge in [0, 0.05) is 0 Å². The van der Waals surface area contributed by atoms with Gasteiger partial charge in [-0.3, -0.25) is 9.36 Å². The smallest absolute Gasteiger partial charge is 0.267 e. The van der Waals surface area contributed by atoms with Crippen molar-refractivity contribution in [1.29, 1.82) is 10.5 Å². The minimum Gasteiger partial charge on any atom is -0.267 e. The third kappa shape index (κ3) is 3.72. The fourth-order valence-corrected chi connectivity index (χ4v) is 3.65. The summed E-state index contributed by atoms with van der Waals surface area (Å²) in [6.07, 6.45) is 2.64. The second-order valence-corrected chi connectivity index (χ2v) is 6.76. The summed E-state index contributed by atoms with van der Waals surface area (Å²) in [6, 6.07) is 16.8. The first-order chi connectivity index (χ1) is 13.1. The van der Waals surface area contributed by atoms with Gasteiger partial charge in [-0.15, -0.1) is 11.3 Å². The number of rotatable bonds is 3. The average molecular weight is 375 g/mol. The molecule has 0 aliphatic heterocycles. The molecule has 6 heteroatoms. The van der Waals surface area contributed by atoms with E-state index in [1.165, 1.54) is 34.4 Å². The zero-order valence-corrected chi connectivity index (χ0v) is 15.3. The van der Waals surface area contributed by atoms with Crippen molar-refractivity contribution in [2.24, 2.45) is 0 Å². The molecule has 0 unspecified atom stereocenters. The SMILES string of the molecule is CCc1ccc(/C=c2\sc(=C(C#N)C#N)n(-c3ccc(F)cc3)c2=O)cc1. The van der Waals surface area contributed by atoms with Gasteiger partial charge in [0.25, 0.3) is 5.56 Å². The molecule has 0 radical (unpaired) electrons. The highest BCUT2D eigenvalue weighted by Gasteiger charge is 2.11. The Morgan fingerprint density at radius 1 is 1.11 bits per heavy atom. The molecule has 0 fully saturated rings. The van der Waals surface area contributed by atoms with E-state index in [1.54, 1.807) is 6.08 Å². The third-order valence-corrected chi connectivity index (χ3v) is 5.12. The van der Waals surface area contributed by atoms with Gasteiger partial charge in [0.1, 0.15) is 22.6 Å². The summed E-state index contributed by atoms with van der Waals surface area (Å²) < 4.78 is 15.1. The van der Waals surface area contributed by atoms with Crippen LogP contribution in [0.4, 0.5) is 4.39 Å². The van der Waals surface area contributed by atoms with Crippen LogP contribution in [0.2, 0.25) is 0 Å². The molecule has 0 saturated heterocycles. The van der Waals surface area contributed by atoms with E-state index in [1.807, 2.05) is 36.4 Å². The second-order valence-electron chi connectivity index (χ2n) is 5.73. The van der Waals surface area contributed by atoms with Crippen molar-refractivity contribution in [2.45, 2.75) is 13.3 Å². The largest absolute Gasteiger partial charge is 0.273 e. The van der Waals surface area contributed by atoms with Crippen LogP contribution in [-0.4, -0.2) is 4.57 Å². The van der Waals surface area contributed by atoms with Crippen LogP contribution in [0.5, 0.6) is 0 Å². The maximum atomic E-state index is 13.2. The monoisotopic (exact) mass is 375 g/mol. The van der Waals surface area contributed by atoms with Gasteiger partial charge < -0.3 is 0 Å². The molecule has 0 amide bonds. The van der Waals surface area contributed by atoms with Crippen LogP contribution < -0.4 is 14.8 Å². The Morgan fingerprint density at radius 2 is 1.74 bits per heavy atom. The van der Waals surface area contributed by atoms with E-state index in [2.05, 4.69) is 6.92 Å². The van der Waals surface area contributed by atoms with Crippen LogP contribution in [-0.2, 0) is 6.42 Å². The number of benzene rings is 2. The number of hydrogen-bond donors (Lipinski definition) is 0. The normalized spacial score (nSPS) is 11.0. The fourth-order valence-electron chi connectivity index (χ4n) is 2.60. The van der Waals surface area contributed by atoms with Gasteiger partial charge in [-0.1, -0.05) is 31.2 Å². The topological polar surface area (TPSA) is 69.6 Å². The highest BCUT2D eigenvalue weighted by molar-refractivity contribution is 7.07. The summed E-state index contributed by atoms with van der Waals surface area (Å²) in [7, 11) is 0. The molecule has 0 aliphatic rings. The number of halogens is 1. The first-order valence-electron chi connectivity index (χ1n) is 8.20. The van der Waals surface area contributed by atoms with Crippen LogP contribution in [0.3, 0.4) is 0 Å². The van der Waals surface area contributed by atoms with Gasteiger partial charge >= 0.3 is 0 Å². The molecule has 2 aromatic carbocycles. The first kappa shape index (κ1) is 18.3. The molecule has 0 aliphatic carbocycles. The van der Waals surface area contributed by atoms with E-state index in [-0.39, 0.29) is 15.8 Å². The molecule has 0 bridgehead atoms. The lowest BCUT2D eigenvalue weighted by molar-refractivity contribution is 0.627. The molecule has 3 aromatic rings. The van der Waals surface area contributed by atoms with E-state index >= 15 is 0 Å². The molecular weight excluding hydrogens is 361 g/mol. The number of aryl methyl sites for hydroxylation is 1. The maximum absolute atomic E-state index is 13.2. The number of nitrogens with zero attached hydrogens (tertiary/aromatic N) is 3. The van der Waals surface area contributed by atoms with Crippen molar-refractivity contribution >= 4 is 23.0 Å². The Balaban J connectivity index is 2.31. The molecule has 0 saturated carbocycles. The molecule has 3 rings (SSSR count). The predicted octanol–water partition coefficient (Wildman–Crippen LogP) is 2.63. The Morgan fingerprint density at radius 3 is 2.30 bits per heavy atom. The lowest BCUT2D eigenvalue weighted by atomic mass is 10.1. The molecule has 1 aromatic heterocycles. The Labute approximate surface area is 159 Å². The average Bonchev–Trinajstić information content (AvgIpc) is 3.00. The number of nitriles is 2. The highest BCUT2D eigenvalue weighted by Crippen LogP contribution is 2.07. The van der Waals surface area contributed by atoms with Gasteiger partial charge in [0.2, 0.25) is 0 Å². The molecule has 0 atom stereocenters. The van der Waals surface area contributed by atoms with Gasteiger partial charge in [-0.05, 0) is 47.9 Å². The second kappa shape index (κ2) is 7.82. The van der Waals surface area contributed by atoms with E-state index in [0.29, 0.717) is 10.2 Å². The van der Waals surface area contributed by atoms with Gasteiger partial charge in [0.05, 0.1) is 10.2 Å². The first-order valence-corrected chi connectivity index (χ1v) is 9.02. The summed E-state index contributed by atoms with van der Waals surface area (Å²) in [5.74, 6) is -0.434. The summed E-state index contributed by atoms with van der Waals surface area (Å²) in [5, 5.41) is 18.5. The summed E-state index contributed by atoms with van der Waals surface area (Å²) in [4.78, 5) is 13.0. The van der Waals surface area contributed by atoms with Crippen molar-refractivity contribution < 1.29 is 4.39 Å². The molecular formula is C21H14FN3OS. The van der Waals surface area contributed by atoms with E-state index < -0.39 is 5.82 Å². The standard InChI is InChI=1S/C21H14FN3OS/c1-2-14-3-5-15(6-4-14)11-19-20(26)25(18-9-7-17(22)8-10-18)21(27-19)16(12-23)13-24/h3-11H,2H2,1H3/b19-11-. The summed E-state index contributed by atoms with van der Waals surface area (Å²) in [5.41, 5.74) is 1.91. The van der Waals surface area contributed by atoms with Crippen LogP contribution in [0.1, 0.15) is 18.1 Å². The van der Waals surface area contributed by atoms with Gasteiger partial charge in [-0.2, -0.15) is 10.5 Å². The highest BCUT2D eigenvalue weighted by atomic mass is 32.1. The Hall–Kier alpha value is -3.48. The van der Waals surface area contributed by atoms with Crippen molar-refractivity contribution in [3.63, 3.8) is 0 Å². The van der Waals surface area contributed by atoms with Gasteiger partial charge in [-0.25, -0.2) is 4.39 Å². The molecule has 0 N–H and O–H groups in total. The predicted molar refractivity (Wildman–Crippen MR) is 103 cm³/mol. The van der Waals surface area contributed by atoms with E-state index in [0.717, 1.165) is 23.3 Å². The van der Waals surface area contributed by atoms with Crippen molar-refractivity contribution in [3.05, 3.63) is 85.0 Å². The van der Waals surface area contributed by atoms with Crippen molar-refractivity contribution in [1.82, 2.24) is 4.57 Å². The minimum absolute atomic E-state index is 0.164. The van der Waals surface area contributed by atoms with Crippen LogP contribution in [0, 0.1) is 28.5 Å². The summed E-state index contributed by atoms with van der Waals surface area (Å²) in [6.45, 7) is 2.06. The number of thiazole rings is 1. The lowest BCUT2D eigenvalue weighted by Crippen LogP contribution is -2.30. The maximum Gasteiger partial charge on any atom is 0.273 e. The Kier molecular flexibility index (Phi) is 5.30. The number of aromatic nitrogens is 1. The summed E-state index contributed by atoms with van der Waals surface area (Å²) >= 11 is 1.07. The molecule has 4 nitrogen and oxygen atoms in total. The molecule has 0 spiro atoms. The van der Waals surface area contributed by atoms with E-state index in [4.69, 9.17) is 0 Å². The van der Waals surface area contributed by atoms with E-state index in [9.17, 15) is 19.7 Å². The third-order valence-electron chi connectivity index (χ3n) is 4.03. The van der Waals surface area contributed by atoms with Crippen LogP contribution in [0.15, 0.2) is 53.3 Å². The molecule has 132 valence electrons. The quantitative estimate of drug-likeness (QED) is 0.707. The van der Waals surface area contributed by atoms with Crippen LogP contribution in [0.25, 0.3) is 17.3 Å². The van der Waals surface area contributed by atoms with Crippen LogP contribution >= 0.6 is 11.3 Å². The zero-order valence-electron chi connectivity index (χ0n) is 14.4. The minimum atomic E-state index is -0.434. The van der Waals surface area contributed by atoms with Crippen molar-refractivity contribution in [2.75, 3.05) is 0 Å². The van der Waals surface area contributed by atoms with Crippen molar-refractivity contribution in [3.8, 4) is 17.8 Å². The Bertz CT molecular complexity index is 1220. The zero-order chi connectivity index (χ0) is 19.4. The lowest BCUT2D eigenvalue weighted by Gasteiger charge is -2.01. The fraction of sp³-hybridized carbons (Fsp3) is 0.0952. The number of hydrogen-bond acceptors (Lipinski definition) is 4. The van der Waals surface area contributed by atoms with Gasteiger partial charge in [0.15, 0.2) is 5.57 Å².